The van der Waals surface area contributed by atoms with Crippen LogP contribution in [0, 0.1) is 0 Å². The third-order valence-corrected chi connectivity index (χ3v) is 6.84. The number of nitrogens with zero attached hydrogens (tertiary/aromatic N) is 2. The summed E-state index contributed by atoms with van der Waals surface area (Å²) in [5, 5.41) is 11.4. The zero-order valence-corrected chi connectivity index (χ0v) is 22.4. The summed E-state index contributed by atoms with van der Waals surface area (Å²) in [7, 11) is 0. The van der Waals surface area contributed by atoms with Gasteiger partial charge in [0.05, 0.1) is 5.02 Å². The lowest BCUT2D eigenvalue weighted by molar-refractivity contribution is -0.192. The van der Waals surface area contributed by atoms with Crippen LogP contribution in [0.3, 0.4) is 0 Å². The van der Waals surface area contributed by atoms with Crippen LogP contribution in [0.4, 0.5) is 19.0 Å². The summed E-state index contributed by atoms with van der Waals surface area (Å²) in [6.07, 6.45) is 2.05. The molecule has 4 aromatic rings. The number of aromatic nitrogens is 2. The summed E-state index contributed by atoms with van der Waals surface area (Å²) in [4.78, 5) is 15.1. The van der Waals surface area contributed by atoms with Crippen LogP contribution in [0.5, 0.6) is 0 Å². The van der Waals surface area contributed by atoms with E-state index in [-0.39, 0.29) is 0 Å². The van der Waals surface area contributed by atoms with Gasteiger partial charge in [-0.1, -0.05) is 80.3 Å². The lowest BCUT2D eigenvalue weighted by atomic mass is 10.1. The zero-order chi connectivity index (χ0) is 27.5. The van der Waals surface area contributed by atoms with E-state index >= 15 is 0 Å². The Morgan fingerprint density at radius 3 is 2.34 bits per heavy atom. The molecule has 0 unspecified atom stereocenters. The molecule has 0 fully saturated rings. The summed E-state index contributed by atoms with van der Waals surface area (Å²) >= 11 is 8.22. The molecule has 0 atom stereocenters. The molecule has 2 N–H and O–H groups in total. The third kappa shape index (κ3) is 8.70. The fourth-order valence-corrected chi connectivity index (χ4v) is 4.67. The molecule has 2 aromatic carbocycles. The molecule has 10 heteroatoms. The first-order valence-corrected chi connectivity index (χ1v) is 13.5. The Hall–Kier alpha value is -3.17. The number of carboxylic acids is 1. The van der Waals surface area contributed by atoms with Crippen molar-refractivity contribution in [2.75, 3.05) is 11.1 Å². The van der Waals surface area contributed by atoms with Gasteiger partial charge in [-0.2, -0.15) is 13.2 Å². The highest BCUT2D eigenvalue weighted by Crippen LogP contribution is 2.32. The van der Waals surface area contributed by atoms with Crippen molar-refractivity contribution in [1.82, 2.24) is 9.38 Å². The van der Waals surface area contributed by atoms with Crippen molar-refractivity contribution < 1.29 is 23.1 Å². The molecule has 0 saturated heterocycles. The molecule has 2 heterocycles. The van der Waals surface area contributed by atoms with E-state index in [9.17, 15) is 13.2 Å². The van der Waals surface area contributed by atoms with Gasteiger partial charge >= 0.3 is 12.1 Å². The van der Waals surface area contributed by atoms with E-state index in [2.05, 4.69) is 60.8 Å². The monoisotopic (exact) mass is 563 g/mol. The summed E-state index contributed by atoms with van der Waals surface area (Å²) in [5.74, 6) is -0.621. The van der Waals surface area contributed by atoms with E-state index in [0.29, 0.717) is 5.02 Å². The first-order valence-electron chi connectivity index (χ1n) is 12.2. The number of rotatable bonds is 10. The molecule has 0 radical (unpaired) electrons. The van der Waals surface area contributed by atoms with Crippen molar-refractivity contribution in [1.29, 1.82) is 0 Å². The van der Waals surface area contributed by atoms with E-state index < -0.39 is 12.1 Å². The molecule has 5 nitrogen and oxygen atoms in total. The first kappa shape index (κ1) is 29.4. The second-order valence-corrected chi connectivity index (χ2v) is 10.1. The Bertz CT molecular complexity index is 1310. The molecule has 4 rings (SSSR count). The largest absolute Gasteiger partial charge is 0.490 e. The van der Waals surface area contributed by atoms with Crippen molar-refractivity contribution in [3.8, 4) is 11.3 Å². The number of anilines is 1. The number of aliphatic carboxylic acids is 1. The van der Waals surface area contributed by atoms with Gasteiger partial charge in [0, 0.05) is 23.2 Å². The van der Waals surface area contributed by atoms with Crippen molar-refractivity contribution in [3.05, 3.63) is 83.5 Å². The van der Waals surface area contributed by atoms with Gasteiger partial charge in [0.25, 0.3) is 0 Å². The van der Waals surface area contributed by atoms with Crippen LogP contribution in [-0.2, 0) is 11.3 Å². The average molecular weight is 564 g/mol. The number of carbonyl (C=O) groups is 1. The predicted octanol–water partition coefficient (Wildman–Crippen LogP) is 8.57. The highest BCUT2D eigenvalue weighted by Gasteiger charge is 2.38. The molecule has 38 heavy (non-hydrogen) atoms. The van der Waals surface area contributed by atoms with E-state index in [4.69, 9.17) is 26.5 Å². The Morgan fingerprint density at radius 1 is 1.03 bits per heavy atom. The van der Waals surface area contributed by atoms with Crippen LogP contribution in [0.2, 0.25) is 5.02 Å². The smallest absolute Gasteiger partial charge is 0.475 e. The number of imidazole rings is 1. The fraction of sp³-hybridized carbons (Fsp3) is 0.286. The number of hydrogen-bond donors (Lipinski definition) is 2. The summed E-state index contributed by atoms with van der Waals surface area (Å²) in [6.45, 7) is 2.97. The van der Waals surface area contributed by atoms with Crippen molar-refractivity contribution >= 4 is 40.8 Å². The van der Waals surface area contributed by atoms with Gasteiger partial charge in [0.1, 0.15) is 17.2 Å². The van der Waals surface area contributed by atoms with Crippen molar-refractivity contribution in [3.63, 3.8) is 0 Å². The van der Waals surface area contributed by atoms with Crippen LogP contribution < -0.4 is 5.32 Å². The van der Waals surface area contributed by atoms with Gasteiger partial charge in [-0.3, -0.25) is 4.40 Å². The Morgan fingerprint density at radius 2 is 1.71 bits per heavy atom. The summed E-state index contributed by atoms with van der Waals surface area (Å²) in [6, 6.07) is 23.0. The highest BCUT2D eigenvalue weighted by atomic mass is 35.5. The number of nitrogens with one attached hydrogen (secondary N) is 1. The number of hydrogen-bond acceptors (Lipinski definition) is 4. The number of benzene rings is 2. The number of carboxylic acid groups (broad SMARTS) is 1. The second kappa shape index (κ2) is 14.1. The number of unbranched alkanes of at least 4 members (excludes halogenated alkanes) is 3. The molecular weight excluding hydrogens is 535 g/mol. The van der Waals surface area contributed by atoms with E-state index in [1.807, 2.05) is 40.6 Å². The van der Waals surface area contributed by atoms with Crippen LogP contribution in [-0.4, -0.2) is 32.4 Å². The molecule has 0 aliphatic rings. The lowest BCUT2D eigenvalue weighted by Gasteiger charge is -2.10. The predicted molar refractivity (Wildman–Crippen MR) is 148 cm³/mol. The zero-order valence-electron chi connectivity index (χ0n) is 20.8. The molecule has 0 saturated carbocycles. The summed E-state index contributed by atoms with van der Waals surface area (Å²) < 4.78 is 33.8. The van der Waals surface area contributed by atoms with Gasteiger partial charge in [0.2, 0.25) is 0 Å². The molecule has 0 amide bonds. The van der Waals surface area contributed by atoms with Crippen molar-refractivity contribution in [2.24, 2.45) is 0 Å². The normalized spacial score (nSPS) is 11.2. The second-order valence-electron chi connectivity index (χ2n) is 8.46. The van der Waals surface area contributed by atoms with Gasteiger partial charge in [0.15, 0.2) is 0 Å². The molecule has 0 bridgehead atoms. The Labute approximate surface area is 229 Å². The minimum atomic E-state index is -5.08. The molecule has 2 aromatic heterocycles. The van der Waals surface area contributed by atoms with Gasteiger partial charge in [-0.15, -0.1) is 11.8 Å². The molecule has 0 aliphatic heterocycles. The quantitative estimate of drug-likeness (QED) is 0.149. The molecule has 0 aliphatic carbocycles. The number of pyridine rings is 1. The van der Waals surface area contributed by atoms with Crippen LogP contribution in [0.15, 0.2) is 77.8 Å². The molecular formula is C28H29ClF3N3O2S. The SMILES string of the molecule is CCCCCCSc1ccc(-c2nc3ccc(Cl)cn3c2NCc2ccccc2)cc1.O=C(O)C(F)(F)F. The van der Waals surface area contributed by atoms with Gasteiger partial charge in [-0.25, -0.2) is 9.78 Å². The summed E-state index contributed by atoms with van der Waals surface area (Å²) in [5.41, 5.74) is 4.15. The first-order chi connectivity index (χ1) is 18.2. The highest BCUT2D eigenvalue weighted by molar-refractivity contribution is 7.99. The van der Waals surface area contributed by atoms with E-state index in [1.165, 1.54) is 41.9 Å². The van der Waals surface area contributed by atoms with Crippen molar-refractivity contribution in [2.45, 2.75) is 50.2 Å². The average Bonchev–Trinajstić information content (AvgIpc) is 3.25. The topological polar surface area (TPSA) is 66.6 Å². The van der Waals surface area contributed by atoms with Crippen LogP contribution in [0.1, 0.15) is 38.2 Å². The third-order valence-electron chi connectivity index (χ3n) is 5.52. The van der Waals surface area contributed by atoms with Gasteiger partial charge < -0.3 is 10.4 Å². The molecule has 0 spiro atoms. The Balaban J connectivity index is 0.000000505. The van der Waals surface area contributed by atoms with Crippen LogP contribution >= 0.6 is 23.4 Å². The standard InChI is InChI=1S/C26H28ClN3S.C2HF3O2/c1-2-3-4-8-17-31-23-14-11-21(12-15-23)25-26(28-18-20-9-6-5-7-10-20)30-19-22(27)13-16-24(30)29-25;3-2(4,5)1(6)7/h5-7,9-16,19,28H,2-4,8,17-18H2,1H3;(H,6,7). The number of alkyl halides is 3. The van der Waals surface area contributed by atoms with Gasteiger partial charge in [-0.05, 0) is 42.0 Å². The number of fused-ring (bicyclic) bond motifs is 1. The van der Waals surface area contributed by atoms with Crippen LogP contribution in [0.25, 0.3) is 16.9 Å². The number of thioether (sulfide) groups is 1. The Kier molecular flexibility index (Phi) is 10.9. The maximum Gasteiger partial charge on any atom is 0.490 e. The minimum Gasteiger partial charge on any atom is -0.475 e. The molecule has 202 valence electrons. The fourth-order valence-electron chi connectivity index (χ4n) is 3.60. The van der Waals surface area contributed by atoms with E-state index in [1.54, 1.807) is 0 Å². The maximum atomic E-state index is 10.6. The van der Waals surface area contributed by atoms with E-state index in [0.717, 1.165) is 29.3 Å². The lowest BCUT2D eigenvalue weighted by Crippen LogP contribution is -2.21. The minimum absolute atomic E-state index is 0.689. The maximum absolute atomic E-state index is 10.6. The number of halogens is 4.